The van der Waals surface area contributed by atoms with Crippen molar-refractivity contribution in [2.75, 3.05) is 4.72 Å². The van der Waals surface area contributed by atoms with Crippen LogP contribution in [0.4, 0.5) is 5.13 Å². The van der Waals surface area contributed by atoms with Gasteiger partial charge < -0.3 is 5.11 Å². The first-order chi connectivity index (χ1) is 8.00. The van der Waals surface area contributed by atoms with Crippen LogP contribution in [-0.2, 0) is 10.0 Å². The maximum absolute atomic E-state index is 11.8. The second-order valence-corrected chi connectivity index (χ2v) is 5.22. The zero-order valence-corrected chi connectivity index (χ0v) is 9.62. The van der Waals surface area contributed by atoms with Crippen LogP contribution in [0.5, 0.6) is 0 Å². The Morgan fingerprint density at radius 3 is 2.88 bits per heavy atom. The summed E-state index contributed by atoms with van der Waals surface area (Å²) in [5, 5.41) is 20.7. The number of carboxylic acid groups (broad SMARTS) is 1. The minimum Gasteiger partial charge on any atom is -0.478 e. The average molecular weight is 275 g/mol. The van der Waals surface area contributed by atoms with Crippen LogP contribution in [0.25, 0.3) is 0 Å². The van der Waals surface area contributed by atoms with Crippen LogP contribution in [0.2, 0.25) is 0 Å². The molecule has 11 heteroatoms. The van der Waals surface area contributed by atoms with E-state index in [4.69, 9.17) is 5.11 Å². The number of nitrogens with zero attached hydrogens (tertiary/aromatic N) is 3. The summed E-state index contributed by atoms with van der Waals surface area (Å²) in [5.41, 5.74) is 0.894. The molecule has 0 radical (unpaired) electrons. The van der Waals surface area contributed by atoms with Crippen molar-refractivity contribution in [3.8, 4) is 0 Å². The lowest BCUT2D eigenvalue weighted by Crippen LogP contribution is -2.16. The molecule has 2 aromatic rings. The number of hydrogen-bond donors (Lipinski definition) is 3. The van der Waals surface area contributed by atoms with E-state index in [1.165, 1.54) is 5.51 Å². The Morgan fingerprint density at radius 1 is 1.53 bits per heavy atom. The second-order valence-electron chi connectivity index (χ2n) is 2.77. The van der Waals surface area contributed by atoms with Gasteiger partial charge in [0.1, 0.15) is 11.1 Å². The van der Waals surface area contributed by atoms with Crippen molar-refractivity contribution in [2.24, 2.45) is 0 Å². The van der Waals surface area contributed by atoms with Crippen molar-refractivity contribution < 1.29 is 18.3 Å². The number of aromatic carboxylic acids is 1. The number of H-pyrrole nitrogens is 1. The van der Waals surface area contributed by atoms with E-state index in [1.807, 2.05) is 0 Å². The first-order valence-electron chi connectivity index (χ1n) is 4.06. The molecule has 0 spiro atoms. The molecule has 9 nitrogen and oxygen atoms in total. The number of hydrogen-bond acceptors (Lipinski definition) is 7. The van der Waals surface area contributed by atoms with Crippen molar-refractivity contribution in [3.05, 3.63) is 17.3 Å². The number of rotatable bonds is 4. The SMILES string of the molecule is O=C(O)c1cn[nH]c1S(=O)(=O)Nc1nncs1. The molecule has 2 heterocycles. The van der Waals surface area contributed by atoms with Crippen molar-refractivity contribution in [2.45, 2.75) is 5.03 Å². The molecule has 0 unspecified atom stereocenters. The van der Waals surface area contributed by atoms with Crippen LogP contribution in [0.1, 0.15) is 10.4 Å². The van der Waals surface area contributed by atoms with Crippen LogP contribution < -0.4 is 4.72 Å². The van der Waals surface area contributed by atoms with Gasteiger partial charge in [-0.05, 0) is 0 Å². The molecule has 0 aliphatic rings. The average Bonchev–Trinajstić information content (AvgIpc) is 2.84. The van der Waals surface area contributed by atoms with Gasteiger partial charge in [-0.2, -0.15) is 13.5 Å². The summed E-state index contributed by atoms with van der Waals surface area (Å²) in [6.07, 6.45) is 0.914. The third kappa shape index (κ3) is 2.24. The third-order valence-electron chi connectivity index (χ3n) is 1.69. The molecule has 0 bridgehead atoms. The van der Waals surface area contributed by atoms with E-state index in [0.29, 0.717) is 0 Å². The molecule has 0 saturated carbocycles. The van der Waals surface area contributed by atoms with Crippen molar-refractivity contribution in [1.82, 2.24) is 20.4 Å². The van der Waals surface area contributed by atoms with Crippen LogP contribution in [0.15, 0.2) is 16.7 Å². The van der Waals surface area contributed by atoms with Gasteiger partial charge in [-0.1, -0.05) is 11.3 Å². The summed E-state index contributed by atoms with van der Waals surface area (Å²) in [7, 11) is -4.06. The molecule has 3 N–H and O–H groups in total. The number of sulfonamides is 1. The molecule has 0 aliphatic carbocycles. The van der Waals surface area contributed by atoms with Crippen LogP contribution in [0, 0.1) is 0 Å². The number of anilines is 1. The predicted octanol–water partition coefficient (Wildman–Crippen LogP) is -0.240. The zero-order chi connectivity index (χ0) is 12.5. The normalized spacial score (nSPS) is 11.3. The van der Waals surface area contributed by atoms with Crippen LogP contribution in [-0.4, -0.2) is 39.9 Å². The van der Waals surface area contributed by atoms with Crippen LogP contribution in [0.3, 0.4) is 0 Å². The quantitative estimate of drug-likeness (QED) is 0.699. The molecule has 0 aromatic carbocycles. The molecular weight excluding hydrogens is 270 g/mol. The molecule has 2 aromatic heterocycles. The monoisotopic (exact) mass is 275 g/mol. The smallest absolute Gasteiger partial charge is 0.340 e. The Labute approximate surface area is 98.6 Å². The molecule has 0 aliphatic heterocycles. The van der Waals surface area contributed by atoms with E-state index in [9.17, 15) is 13.2 Å². The molecule has 2 rings (SSSR count). The summed E-state index contributed by atoms with van der Waals surface area (Å²) in [6.45, 7) is 0. The molecular formula is C6H5N5O4S2. The first kappa shape index (κ1) is 11.5. The summed E-state index contributed by atoms with van der Waals surface area (Å²) in [5.74, 6) is -1.39. The zero-order valence-electron chi connectivity index (χ0n) is 7.98. The van der Waals surface area contributed by atoms with Crippen molar-refractivity contribution in [3.63, 3.8) is 0 Å². The van der Waals surface area contributed by atoms with Gasteiger partial charge in [0.25, 0.3) is 10.0 Å². The lowest BCUT2D eigenvalue weighted by atomic mass is 10.4. The van der Waals surface area contributed by atoms with Gasteiger partial charge >= 0.3 is 5.97 Å². The van der Waals surface area contributed by atoms with Crippen LogP contribution >= 0.6 is 11.3 Å². The number of carbonyl (C=O) groups is 1. The fraction of sp³-hybridized carbons (Fsp3) is 0. The molecule has 0 saturated heterocycles. The van der Waals surface area contributed by atoms with Gasteiger partial charge in [0.2, 0.25) is 5.13 Å². The highest BCUT2D eigenvalue weighted by Gasteiger charge is 2.25. The van der Waals surface area contributed by atoms with Gasteiger partial charge in [-0.15, -0.1) is 10.2 Å². The molecule has 17 heavy (non-hydrogen) atoms. The van der Waals surface area contributed by atoms with Gasteiger partial charge in [-0.25, -0.2) is 4.79 Å². The number of aromatic amines is 1. The van der Waals surface area contributed by atoms with E-state index in [1.54, 1.807) is 0 Å². The van der Waals surface area contributed by atoms with Gasteiger partial charge in [0.05, 0.1) is 6.20 Å². The van der Waals surface area contributed by atoms with E-state index in [2.05, 4.69) is 25.1 Å². The maximum atomic E-state index is 11.8. The summed E-state index contributed by atoms with van der Waals surface area (Å²) >= 11 is 0.967. The second kappa shape index (κ2) is 4.10. The van der Waals surface area contributed by atoms with Crippen molar-refractivity contribution >= 4 is 32.5 Å². The number of carboxylic acids is 1. The highest BCUT2D eigenvalue weighted by atomic mass is 32.2. The Bertz CT molecular complexity index is 631. The largest absolute Gasteiger partial charge is 0.478 e. The Kier molecular flexibility index (Phi) is 2.77. The lowest BCUT2D eigenvalue weighted by molar-refractivity contribution is 0.0692. The molecule has 0 amide bonds. The molecule has 0 atom stereocenters. The molecule has 90 valence electrons. The maximum Gasteiger partial charge on any atom is 0.340 e. The van der Waals surface area contributed by atoms with Gasteiger partial charge in [0, 0.05) is 0 Å². The molecule has 0 fully saturated rings. The summed E-state index contributed by atoms with van der Waals surface area (Å²) in [4.78, 5) is 10.8. The Morgan fingerprint density at radius 2 is 2.29 bits per heavy atom. The van der Waals surface area contributed by atoms with E-state index >= 15 is 0 Å². The fourth-order valence-corrected chi connectivity index (χ4v) is 2.80. The Hall–Kier alpha value is -2.01. The highest BCUT2D eigenvalue weighted by molar-refractivity contribution is 7.92. The number of nitrogens with one attached hydrogen (secondary N) is 2. The minimum absolute atomic E-state index is 0.0379. The standard InChI is InChI=1S/C6H5N5O4S2/c12-5(13)3-1-7-9-4(3)17(14,15)11-6-10-8-2-16-6/h1-2H,(H,7,9)(H,10,11)(H,12,13). The first-order valence-corrected chi connectivity index (χ1v) is 6.42. The van der Waals surface area contributed by atoms with Gasteiger partial charge in [0.15, 0.2) is 5.03 Å². The van der Waals surface area contributed by atoms with Crippen molar-refractivity contribution in [1.29, 1.82) is 0 Å². The lowest BCUT2D eigenvalue weighted by Gasteiger charge is -2.02. The van der Waals surface area contributed by atoms with E-state index < -0.39 is 26.6 Å². The summed E-state index contributed by atoms with van der Waals surface area (Å²) in [6, 6.07) is 0. The minimum atomic E-state index is -4.06. The van der Waals surface area contributed by atoms with E-state index in [-0.39, 0.29) is 5.13 Å². The fourth-order valence-electron chi connectivity index (χ4n) is 1.02. The third-order valence-corrected chi connectivity index (χ3v) is 3.73. The summed E-state index contributed by atoms with van der Waals surface area (Å²) < 4.78 is 25.6. The van der Waals surface area contributed by atoms with Gasteiger partial charge in [-0.3, -0.25) is 9.82 Å². The highest BCUT2D eigenvalue weighted by Crippen LogP contribution is 2.17. The predicted molar refractivity (Wildman–Crippen MR) is 56.3 cm³/mol. The topological polar surface area (TPSA) is 138 Å². The number of aromatic nitrogens is 4. The Balaban J connectivity index is 2.38. The van der Waals surface area contributed by atoms with E-state index in [0.717, 1.165) is 17.5 Å².